The zero-order valence-electron chi connectivity index (χ0n) is 45.9. The number of amides is 4. The Morgan fingerprint density at radius 3 is 1.73 bits per heavy atom. The lowest BCUT2D eigenvalue weighted by Crippen LogP contribution is -2.53. The first-order chi connectivity index (χ1) is 38.7. The summed E-state index contributed by atoms with van der Waals surface area (Å²) in [5.41, 5.74) is 8.52. The Kier molecular flexibility index (Phi) is 16.9. The molecule has 14 nitrogen and oxygen atoms in total. The molecule has 0 spiro atoms. The third-order valence-corrected chi connectivity index (χ3v) is 15.7. The Balaban J connectivity index is 0.809. The Morgan fingerprint density at radius 2 is 1.16 bits per heavy atom. The number of aryl methyl sites for hydroxylation is 1. The van der Waals surface area contributed by atoms with E-state index in [9.17, 15) is 19.2 Å². The van der Waals surface area contributed by atoms with Crippen LogP contribution in [0.15, 0.2) is 164 Å². The first kappa shape index (κ1) is 54.8. The summed E-state index contributed by atoms with van der Waals surface area (Å²) in [6, 6.07) is 48.9. The number of carbonyl (C=O) groups excluding carboxylic acids is 4. The van der Waals surface area contributed by atoms with Gasteiger partial charge < -0.3 is 34.9 Å². The van der Waals surface area contributed by atoms with Crippen LogP contribution in [0.2, 0.25) is 0 Å². The van der Waals surface area contributed by atoms with Crippen molar-refractivity contribution in [1.29, 1.82) is 0 Å². The van der Waals surface area contributed by atoms with Gasteiger partial charge in [-0.05, 0) is 152 Å². The second kappa shape index (κ2) is 24.7. The third-order valence-electron chi connectivity index (χ3n) is 15.7. The summed E-state index contributed by atoms with van der Waals surface area (Å²) in [5, 5.41) is 11.2. The molecule has 1 aromatic heterocycles. The summed E-state index contributed by atoms with van der Waals surface area (Å²) in [4.78, 5) is 65.2. The molecule has 0 unspecified atom stereocenters. The van der Waals surface area contributed by atoms with Crippen LogP contribution in [0.25, 0.3) is 0 Å². The molecule has 4 amide bonds. The smallest absolute Gasteiger partial charge is 0.408 e. The van der Waals surface area contributed by atoms with Crippen LogP contribution in [-0.2, 0) is 70.0 Å². The van der Waals surface area contributed by atoms with Crippen molar-refractivity contribution >= 4 is 29.8 Å². The Labute approximate surface area is 468 Å². The van der Waals surface area contributed by atoms with E-state index >= 15 is 0 Å². The summed E-state index contributed by atoms with van der Waals surface area (Å²) in [7, 11) is 0. The molecule has 0 aliphatic heterocycles. The van der Waals surface area contributed by atoms with E-state index < -0.39 is 48.0 Å². The Hall–Kier alpha value is -8.52. The lowest BCUT2D eigenvalue weighted by molar-refractivity contribution is -0.129. The number of hydrogen-bond acceptors (Lipinski definition) is 10. The maximum Gasteiger partial charge on any atom is 0.408 e. The first-order valence-corrected chi connectivity index (χ1v) is 27.8. The molecule has 1 heterocycles. The summed E-state index contributed by atoms with van der Waals surface area (Å²) in [5.74, 6) is 1.87. The molecule has 0 saturated heterocycles. The summed E-state index contributed by atoms with van der Waals surface area (Å²) >= 11 is 0. The number of rotatable bonds is 20. The van der Waals surface area contributed by atoms with Crippen LogP contribution in [-0.4, -0.2) is 58.0 Å². The van der Waals surface area contributed by atoms with E-state index in [2.05, 4.69) is 63.5 Å². The fraction of sp³-hybridized carbons (Fsp3) is 0.333. The van der Waals surface area contributed by atoms with Gasteiger partial charge in [-0.3, -0.25) is 19.7 Å². The first-order valence-electron chi connectivity index (χ1n) is 27.8. The number of fused-ring (bicyclic) bond motifs is 7. The number of nitrogens with one attached hydrogen (secondary N) is 4. The largest absolute Gasteiger partial charge is 0.489 e. The van der Waals surface area contributed by atoms with E-state index in [1.165, 1.54) is 11.1 Å². The zero-order valence-corrected chi connectivity index (χ0v) is 45.9. The molecule has 6 aromatic carbocycles. The van der Waals surface area contributed by atoms with Crippen LogP contribution in [0.4, 0.5) is 10.7 Å². The molecule has 4 N–H and O–H groups in total. The van der Waals surface area contributed by atoms with Crippen molar-refractivity contribution in [2.24, 2.45) is 11.8 Å². The molecule has 3 aliphatic carbocycles. The van der Waals surface area contributed by atoms with Gasteiger partial charge in [-0.2, -0.15) is 0 Å². The second-order valence-corrected chi connectivity index (χ2v) is 22.5. The number of aromatic nitrogens is 2. The van der Waals surface area contributed by atoms with Crippen LogP contribution in [0, 0.1) is 11.8 Å². The van der Waals surface area contributed by atoms with Gasteiger partial charge in [-0.15, -0.1) is 0 Å². The highest BCUT2D eigenvalue weighted by molar-refractivity contribution is 5.97. The van der Waals surface area contributed by atoms with Crippen molar-refractivity contribution in [2.45, 2.75) is 121 Å². The van der Waals surface area contributed by atoms with Crippen molar-refractivity contribution < 1.29 is 38.1 Å². The van der Waals surface area contributed by atoms with E-state index in [1.807, 2.05) is 121 Å². The van der Waals surface area contributed by atoms with Crippen molar-refractivity contribution in [1.82, 2.24) is 25.9 Å². The molecule has 3 aliphatic rings. The minimum atomic E-state index is -1.11. The van der Waals surface area contributed by atoms with Crippen molar-refractivity contribution in [2.75, 3.05) is 11.9 Å². The van der Waals surface area contributed by atoms with Crippen LogP contribution in [0.1, 0.15) is 103 Å². The number of hydrogen-bond donors (Lipinski definition) is 4. The number of anilines is 1. The van der Waals surface area contributed by atoms with Gasteiger partial charge in [0.05, 0.1) is 12.2 Å². The highest BCUT2D eigenvalue weighted by Gasteiger charge is 2.54. The molecule has 0 bridgehead atoms. The quantitative estimate of drug-likeness (QED) is 0.0574. The van der Waals surface area contributed by atoms with Gasteiger partial charge in [-0.1, -0.05) is 128 Å². The lowest BCUT2D eigenvalue weighted by Gasteiger charge is -2.49. The summed E-state index contributed by atoms with van der Waals surface area (Å²) < 4.78 is 23.7. The van der Waals surface area contributed by atoms with Crippen molar-refractivity contribution in [3.63, 3.8) is 0 Å². The van der Waals surface area contributed by atoms with E-state index in [4.69, 9.17) is 23.9 Å². The van der Waals surface area contributed by atoms with Gasteiger partial charge in [0.15, 0.2) is 0 Å². The maximum absolute atomic E-state index is 14.5. The van der Waals surface area contributed by atoms with Crippen LogP contribution >= 0.6 is 0 Å². The molecule has 1 fully saturated rings. The number of carbonyl (C=O) groups is 4. The van der Waals surface area contributed by atoms with Crippen molar-refractivity contribution in [3.05, 3.63) is 214 Å². The van der Waals surface area contributed by atoms with Gasteiger partial charge >= 0.3 is 6.09 Å². The minimum Gasteiger partial charge on any atom is -0.489 e. The zero-order chi connectivity index (χ0) is 55.6. The molecular weight excluding hydrogens is 1000 g/mol. The SMILES string of the molecule is CC(C)(C)OC(=O)N[C@@H](Cc1ccc(OCc2ccccc2)cc1)C(=O)NCC(=O)N[C@@H](Cc1ccc(OCc2ccccc2)cc1)C(=O)Nc1ncc2c(n1)[C@@]1(C)CC[C@@H]3c4ccc(OCc5ccccc5)cc4CC[C@H]3[C@@H]1C2. The molecule has 7 aromatic rings. The number of nitrogens with zero attached hydrogens (tertiary/aromatic N) is 2. The van der Waals surface area contributed by atoms with Crippen LogP contribution in [0.3, 0.4) is 0 Å². The van der Waals surface area contributed by atoms with E-state index in [-0.39, 0.29) is 24.2 Å². The monoisotopic (exact) mass is 1070 g/mol. The van der Waals surface area contributed by atoms with Crippen LogP contribution in [0.5, 0.6) is 17.2 Å². The molecular formula is C66H70N6O8. The molecule has 80 heavy (non-hydrogen) atoms. The van der Waals surface area contributed by atoms with E-state index in [0.717, 1.165) is 76.9 Å². The van der Waals surface area contributed by atoms with Gasteiger partial charge in [0, 0.05) is 24.5 Å². The minimum absolute atomic E-state index is 0.0873. The molecule has 0 radical (unpaired) electrons. The third kappa shape index (κ3) is 13.8. The average Bonchev–Trinajstić information content (AvgIpc) is 3.19. The number of ether oxygens (including phenoxy) is 4. The maximum atomic E-state index is 14.5. The predicted octanol–water partition coefficient (Wildman–Crippen LogP) is 10.7. The van der Waals surface area contributed by atoms with E-state index in [1.54, 1.807) is 32.9 Å². The van der Waals surface area contributed by atoms with Gasteiger partial charge in [-0.25, -0.2) is 14.8 Å². The summed E-state index contributed by atoms with van der Waals surface area (Å²) in [6.45, 7) is 8.34. The average molecular weight is 1080 g/mol. The Morgan fingerprint density at radius 1 is 0.625 bits per heavy atom. The fourth-order valence-electron chi connectivity index (χ4n) is 11.7. The highest BCUT2D eigenvalue weighted by atomic mass is 16.6. The topological polar surface area (TPSA) is 179 Å². The Bertz CT molecular complexity index is 3260. The standard InChI is InChI=1S/C66H70N6O8/c1-65(2,3)80-64(76)70-57(34-43-20-25-50(26-21-43)77-40-45-14-8-5-9-15-45)61(74)67-39-59(73)69-58(35-44-22-27-51(28-23-44)78-41-46-16-10-6-11-17-46)62(75)72-63-68-38-49-37-56-55-30-24-48-36-52(79-42-47-18-12-7-13-19-47)29-31-53(48)54(55)32-33-66(56,4)60(49)71-63/h5-23,25-29,31,36,38,54-58H,24,30,32-35,37,39-42H2,1-4H3,(H,67,74)(H,69,73)(H,70,76)(H,68,71,72,75)/t54-,55-,56+,57+,58+,66+/m1/s1. The van der Waals surface area contributed by atoms with Gasteiger partial charge in [0.1, 0.15) is 54.8 Å². The lowest BCUT2D eigenvalue weighted by atomic mass is 9.55. The second-order valence-electron chi connectivity index (χ2n) is 22.5. The highest BCUT2D eigenvalue weighted by Crippen LogP contribution is 2.59. The molecule has 412 valence electrons. The van der Waals surface area contributed by atoms with E-state index in [0.29, 0.717) is 49.1 Å². The van der Waals surface area contributed by atoms with Gasteiger partial charge in [0.25, 0.3) is 0 Å². The molecule has 14 heteroatoms. The number of benzene rings is 6. The molecule has 1 saturated carbocycles. The molecule has 6 atom stereocenters. The number of alkyl carbamates (subject to hydrolysis) is 1. The normalized spacial score (nSPS) is 18.6. The predicted molar refractivity (Wildman–Crippen MR) is 306 cm³/mol. The van der Waals surface area contributed by atoms with Crippen molar-refractivity contribution in [3.8, 4) is 17.2 Å². The fourth-order valence-corrected chi connectivity index (χ4v) is 11.7. The summed E-state index contributed by atoms with van der Waals surface area (Å²) in [6.07, 6.45) is 6.17. The molecule has 10 rings (SSSR count). The van der Waals surface area contributed by atoms with Gasteiger partial charge in [0.2, 0.25) is 23.7 Å². The van der Waals surface area contributed by atoms with Crippen LogP contribution < -0.4 is 35.5 Å².